The van der Waals surface area contributed by atoms with Crippen LogP contribution in [0.3, 0.4) is 0 Å². The van der Waals surface area contributed by atoms with Crippen LogP contribution in [0.1, 0.15) is 59.8 Å². The third kappa shape index (κ3) is 6.20. The predicted octanol–water partition coefficient (Wildman–Crippen LogP) is 4.56. The number of likely N-dealkylation sites (tertiary alicyclic amines) is 1. The number of rotatable bonds is 12. The van der Waals surface area contributed by atoms with Gasteiger partial charge < -0.3 is 33.5 Å². The Balaban J connectivity index is 1.24. The molecule has 0 unspecified atom stereocenters. The molecule has 4 fully saturated rings. The van der Waals surface area contributed by atoms with Crippen molar-refractivity contribution in [3.63, 3.8) is 0 Å². The van der Waals surface area contributed by atoms with Crippen LogP contribution in [0.4, 0.5) is 9.59 Å². The van der Waals surface area contributed by atoms with Crippen LogP contribution in [0.5, 0.6) is 0 Å². The van der Waals surface area contributed by atoms with Crippen molar-refractivity contribution in [3.8, 4) is 0 Å². The van der Waals surface area contributed by atoms with E-state index in [9.17, 15) is 9.59 Å². The summed E-state index contributed by atoms with van der Waals surface area (Å²) in [5.74, 6) is 0.437. The van der Waals surface area contributed by atoms with E-state index in [1.54, 1.807) is 23.0 Å². The van der Waals surface area contributed by atoms with Gasteiger partial charge in [0, 0.05) is 33.3 Å². The Bertz CT molecular complexity index is 893. The Kier molecular flexibility index (Phi) is 9.10. The van der Waals surface area contributed by atoms with E-state index in [1.807, 2.05) is 6.92 Å². The lowest BCUT2D eigenvalue weighted by Crippen LogP contribution is -2.57. The lowest BCUT2D eigenvalue weighted by atomic mass is 9.68. The minimum atomic E-state index is -0.347. The van der Waals surface area contributed by atoms with Gasteiger partial charge in [-0.25, -0.2) is 9.59 Å². The van der Waals surface area contributed by atoms with Crippen LogP contribution in [0, 0.1) is 11.8 Å². The Labute approximate surface area is 227 Å². The van der Waals surface area contributed by atoms with Gasteiger partial charge in [0.25, 0.3) is 0 Å². The summed E-state index contributed by atoms with van der Waals surface area (Å²) in [6.07, 6.45) is 6.99. The maximum absolute atomic E-state index is 13.0. The molecular weight excluding hydrogens is 488 g/mol. The minimum absolute atomic E-state index is 0.0194. The molecule has 0 aromatic rings. The van der Waals surface area contributed by atoms with E-state index < -0.39 is 0 Å². The molecule has 214 valence electrons. The first-order chi connectivity index (χ1) is 18.2. The Morgan fingerprint density at radius 2 is 2.00 bits per heavy atom. The molecular formula is C29H46N2O7. The third-order valence-electron chi connectivity index (χ3n) is 8.71. The second-order valence-electron chi connectivity index (χ2n) is 11.7. The van der Waals surface area contributed by atoms with E-state index in [0.717, 1.165) is 32.1 Å². The second-order valence-corrected chi connectivity index (χ2v) is 11.7. The molecule has 0 bridgehead atoms. The SMILES string of the molecule is C=CCOC(=O)N(CC)CCCC1CN(C(=O)O[C@@H]2CC[C@]3(CO3)[C@@H]([C@@]3(C)O[C@@H]3CC=C(C)C)[C@@H]2OC)C1. The summed E-state index contributed by atoms with van der Waals surface area (Å²) in [6, 6.07) is 0. The molecule has 6 atom stereocenters. The van der Waals surface area contributed by atoms with Crippen LogP contribution < -0.4 is 0 Å². The molecule has 38 heavy (non-hydrogen) atoms. The Hall–Kier alpha value is -2.10. The summed E-state index contributed by atoms with van der Waals surface area (Å²) >= 11 is 0. The molecule has 4 rings (SSSR count). The van der Waals surface area contributed by atoms with Gasteiger partial charge in [-0.15, -0.1) is 0 Å². The molecule has 3 saturated heterocycles. The summed E-state index contributed by atoms with van der Waals surface area (Å²) in [5.41, 5.74) is 0.700. The van der Waals surface area contributed by atoms with E-state index in [0.29, 0.717) is 38.7 Å². The number of nitrogens with zero attached hydrogens (tertiary/aromatic N) is 2. The fourth-order valence-corrected chi connectivity index (χ4v) is 6.35. The number of epoxide rings is 2. The van der Waals surface area contributed by atoms with Crippen molar-refractivity contribution >= 4 is 12.2 Å². The fraction of sp³-hybridized carbons (Fsp3) is 0.793. The lowest BCUT2D eigenvalue weighted by Gasteiger charge is -2.44. The van der Waals surface area contributed by atoms with Crippen LogP contribution in [0.2, 0.25) is 0 Å². The van der Waals surface area contributed by atoms with Crippen molar-refractivity contribution < 1.29 is 33.3 Å². The highest BCUT2D eigenvalue weighted by Crippen LogP contribution is 2.59. The molecule has 0 aromatic carbocycles. The molecule has 1 saturated carbocycles. The maximum atomic E-state index is 13.0. The Morgan fingerprint density at radius 3 is 2.61 bits per heavy atom. The number of hydrogen-bond donors (Lipinski definition) is 0. The normalized spacial score (nSPS) is 33.8. The van der Waals surface area contributed by atoms with Crippen LogP contribution in [0.25, 0.3) is 0 Å². The number of ether oxygens (including phenoxy) is 5. The topological polar surface area (TPSA) is 93.4 Å². The quantitative estimate of drug-likeness (QED) is 0.268. The summed E-state index contributed by atoms with van der Waals surface area (Å²) in [7, 11) is 1.70. The van der Waals surface area contributed by atoms with Crippen molar-refractivity contribution in [1.29, 1.82) is 0 Å². The minimum Gasteiger partial charge on any atom is -0.445 e. The summed E-state index contributed by atoms with van der Waals surface area (Å²) in [4.78, 5) is 28.5. The second kappa shape index (κ2) is 12.0. The Morgan fingerprint density at radius 1 is 1.26 bits per heavy atom. The average molecular weight is 535 g/mol. The highest BCUT2D eigenvalue weighted by atomic mass is 16.6. The molecule has 0 aromatic heterocycles. The number of amides is 2. The molecule has 9 nitrogen and oxygen atoms in total. The van der Waals surface area contributed by atoms with Crippen LogP contribution >= 0.6 is 0 Å². The molecule has 0 radical (unpaired) electrons. The van der Waals surface area contributed by atoms with Crippen LogP contribution in [0.15, 0.2) is 24.3 Å². The van der Waals surface area contributed by atoms with Gasteiger partial charge in [-0.05, 0) is 65.7 Å². The largest absolute Gasteiger partial charge is 0.445 e. The summed E-state index contributed by atoms with van der Waals surface area (Å²) < 4.78 is 29.4. The summed E-state index contributed by atoms with van der Waals surface area (Å²) in [6.45, 7) is 15.4. The zero-order valence-electron chi connectivity index (χ0n) is 23.8. The predicted molar refractivity (Wildman–Crippen MR) is 143 cm³/mol. The molecule has 2 amide bonds. The highest BCUT2D eigenvalue weighted by Gasteiger charge is 2.72. The molecule has 3 aliphatic heterocycles. The number of carbonyl (C=O) groups excluding carboxylic acids is 2. The molecule has 3 heterocycles. The lowest BCUT2D eigenvalue weighted by molar-refractivity contribution is -0.124. The molecule has 9 heteroatoms. The van der Waals surface area contributed by atoms with Crippen molar-refractivity contribution in [2.75, 3.05) is 46.5 Å². The van der Waals surface area contributed by atoms with Gasteiger partial charge >= 0.3 is 12.2 Å². The van der Waals surface area contributed by atoms with Crippen molar-refractivity contribution in [1.82, 2.24) is 9.80 Å². The molecule has 1 spiro atoms. The number of methoxy groups -OCH3 is 1. The number of carbonyl (C=O) groups is 2. The van der Waals surface area contributed by atoms with E-state index >= 15 is 0 Å². The third-order valence-corrected chi connectivity index (χ3v) is 8.71. The van der Waals surface area contributed by atoms with Crippen molar-refractivity contribution in [2.24, 2.45) is 11.8 Å². The maximum Gasteiger partial charge on any atom is 0.410 e. The van der Waals surface area contributed by atoms with Gasteiger partial charge in [0.05, 0.1) is 18.6 Å². The monoisotopic (exact) mass is 534 g/mol. The molecule has 4 aliphatic rings. The van der Waals surface area contributed by atoms with Gasteiger partial charge in [0.1, 0.15) is 30.0 Å². The summed E-state index contributed by atoms with van der Waals surface area (Å²) in [5, 5.41) is 0. The zero-order valence-corrected chi connectivity index (χ0v) is 23.8. The smallest absolute Gasteiger partial charge is 0.410 e. The average Bonchev–Trinajstić information content (AvgIpc) is 3.78. The highest BCUT2D eigenvalue weighted by molar-refractivity contribution is 5.69. The van der Waals surface area contributed by atoms with Crippen molar-refractivity contribution in [3.05, 3.63) is 24.3 Å². The van der Waals surface area contributed by atoms with E-state index in [-0.39, 0.29) is 54.2 Å². The van der Waals surface area contributed by atoms with Gasteiger partial charge in [-0.2, -0.15) is 0 Å². The number of hydrogen-bond acceptors (Lipinski definition) is 7. The first kappa shape index (κ1) is 28.9. The fourth-order valence-electron chi connectivity index (χ4n) is 6.35. The first-order valence-corrected chi connectivity index (χ1v) is 14.1. The zero-order chi connectivity index (χ0) is 27.5. The van der Waals surface area contributed by atoms with Crippen molar-refractivity contribution in [2.45, 2.75) is 89.3 Å². The standard InChI is InChI=1S/C29H46N2O7/c1-7-16-35-26(32)30(8-2)15-9-10-21-17-31(18-21)27(33)37-22-13-14-29(19-36-29)25(24(22)34-6)28(5)23(38-28)12-11-20(3)4/h7,11,21-25H,1,8-10,12-19H2,2-6H3/t22-,23-,24-,25-,28+,29+/m1/s1. The number of allylic oxidation sites excluding steroid dienone is 1. The van der Waals surface area contributed by atoms with E-state index in [4.69, 9.17) is 23.7 Å². The van der Waals surface area contributed by atoms with E-state index in [1.165, 1.54) is 5.57 Å². The van der Waals surface area contributed by atoms with Crippen LogP contribution in [-0.2, 0) is 23.7 Å². The molecule has 1 aliphatic carbocycles. The van der Waals surface area contributed by atoms with Gasteiger partial charge in [-0.1, -0.05) is 24.3 Å². The molecule has 0 N–H and O–H groups in total. The van der Waals surface area contributed by atoms with Gasteiger partial charge in [0.15, 0.2) is 0 Å². The van der Waals surface area contributed by atoms with Crippen LogP contribution in [-0.4, -0.2) is 98.0 Å². The van der Waals surface area contributed by atoms with E-state index in [2.05, 4.69) is 33.4 Å². The van der Waals surface area contributed by atoms with Gasteiger partial charge in [-0.3, -0.25) is 0 Å². The van der Waals surface area contributed by atoms with Gasteiger partial charge in [0.2, 0.25) is 0 Å². The first-order valence-electron chi connectivity index (χ1n) is 14.1.